The summed E-state index contributed by atoms with van der Waals surface area (Å²) in [6.45, 7) is 10.1. The van der Waals surface area contributed by atoms with E-state index in [1.807, 2.05) is 37.9 Å². The van der Waals surface area contributed by atoms with Gasteiger partial charge in [0, 0.05) is 36.5 Å². The lowest BCUT2D eigenvalue weighted by Crippen LogP contribution is -2.38. The molecule has 192 valence electrons. The Morgan fingerprint density at radius 1 is 1.08 bits per heavy atom. The standard InChI is InChI=1S/C29H36ClN3O2S/c1-5-6-17-33-26(13-16-31-33)23-9-7-21(8-10-23)20-36-27-24-15-19-32(28(34)35-29(2,3)4)18-14-22(24)11-12-25(27)30/h7-13,16H,5-6,14-15,17-20H2,1-4H3. The molecule has 0 spiro atoms. The number of unbranched alkanes of at least 4 members (excludes halogenated alkanes) is 1. The molecule has 0 saturated carbocycles. The summed E-state index contributed by atoms with van der Waals surface area (Å²) in [6.07, 6.45) is 5.49. The molecule has 0 unspecified atom stereocenters. The summed E-state index contributed by atoms with van der Waals surface area (Å²) in [5.41, 5.74) is 5.63. The first-order chi connectivity index (χ1) is 17.2. The van der Waals surface area contributed by atoms with Crippen molar-refractivity contribution in [3.63, 3.8) is 0 Å². The van der Waals surface area contributed by atoms with Crippen LogP contribution in [-0.4, -0.2) is 39.5 Å². The van der Waals surface area contributed by atoms with Gasteiger partial charge in [-0.25, -0.2) is 4.79 Å². The molecular formula is C29H36ClN3O2S. The fraction of sp³-hybridized carbons (Fsp3) is 0.448. The van der Waals surface area contributed by atoms with Crippen molar-refractivity contribution in [2.24, 2.45) is 0 Å². The highest BCUT2D eigenvalue weighted by Gasteiger charge is 2.25. The molecule has 0 radical (unpaired) electrons. The molecular weight excluding hydrogens is 490 g/mol. The minimum Gasteiger partial charge on any atom is -0.444 e. The molecule has 0 N–H and O–H groups in total. The van der Waals surface area contributed by atoms with Crippen molar-refractivity contribution in [1.29, 1.82) is 0 Å². The van der Waals surface area contributed by atoms with Crippen LogP contribution in [0.3, 0.4) is 0 Å². The Labute approximate surface area is 224 Å². The first-order valence-electron chi connectivity index (χ1n) is 12.8. The van der Waals surface area contributed by atoms with Crippen LogP contribution >= 0.6 is 23.4 Å². The molecule has 0 saturated heterocycles. The molecule has 2 heterocycles. The van der Waals surface area contributed by atoms with Crippen molar-refractivity contribution in [3.05, 3.63) is 70.4 Å². The van der Waals surface area contributed by atoms with E-state index in [0.717, 1.165) is 53.6 Å². The summed E-state index contributed by atoms with van der Waals surface area (Å²) in [4.78, 5) is 15.6. The van der Waals surface area contributed by atoms with E-state index in [-0.39, 0.29) is 6.09 Å². The second kappa shape index (κ2) is 11.7. The van der Waals surface area contributed by atoms with Crippen molar-refractivity contribution in [2.45, 2.75) is 76.2 Å². The number of hydrogen-bond acceptors (Lipinski definition) is 4. The van der Waals surface area contributed by atoms with Gasteiger partial charge in [0.1, 0.15) is 5.60 Å². The Morgan fingerprint density at radius 3 is 2.56 bits per heavy atom. The average molecular weight is 526 g/mol. The van der Waals surface area contributed by atoms with Gasteiger partial charge in [-0.05, 0) is 74.4 Å². The van der Waals surface area contributed by atoms with E-state index in [1.54, 1.807) is 11.8 Å². The van der Waals surface area contributed by atoms with Gasteiger partial charge in [0.2, 0.25) is 0 Å². The number of benzene rings is 2. The second-order valence-corrected chi connectivity index (χ2v) is 11.7. The number of ether oxygens (including phenoxy) is 1. The summed E-state index contributed by atoms with van der Waals surface area (Å²) in [7, 11) is 0. The lowest BCUT2D eigenvalue weighted by atomic mass is 10.0. The van der Waals surface area contributed by atoms with Crippen LogP contribution in [0.2, 0.25) is 5.02 Å². The molecule has 1 aromatic heterocycles. The number of nitrogens with zero attached hydrogens (tertiary/aromatic N) is 3. The molecule has 3 aromatic rings. The zero-order valence-corrected chi connectivity index (χ0v) is 23.3. The molecule has 2 aromatic carbocycles. The van der Waals surface area contributed by atoms with Crippen LogP contribution in [0.25, 0.3) is 11.3 Å². The normalized spacial score (nSPS) is 13.9. The maximum Gasteiger partial charge on any atom is 0.410 e. The highest BCUT2D eigenvalue weighted by atomic mass is 35.5. The first-order valence-corrected chi connectivity index (χ1v) is 14.1. The Morgan fingerprint density at radius 2 is 1.83 bits per heavy atom. The van der Waals surface area contributed by atoms with E-state index in [4.69, 9.17) is 16.3 Å². The zero-order chi connectivity index (χ0) is 25.7. The van der Waals surface area contributed by atoms with E-state index in [9.17, 15) is 4.79 Å². The van der Waals surface area contributed by atoms with Crippen molar-refractivity contribution in [3.8, 4) is 11.3 Å². The van der Waals surface area contributed by atoms with Gasteiger partial charge in [-0.2, -0.15) is 5.10 Å². The van der Waals surface area contributed by atoms with Crippen LogP contribution in [0.5, 0.6) is 0 Å². The van der Waals surface area contributed by atoms with Crippen molar-refractivity contribution < 1.29 is 9.53 Å². The quantitative estimate of drug-likeness (QED) is 0.297. The minimum absolute atomic E-state index is 0.244. The SMILES string of the molecule is CCCCn1nccc1-c1ccc(CSc2c(Cl)ccc3c2CCN(C(=O)OC(C)(C)C)CC3)cc1. The molecule has 0 atom stereocenters. The Hall–Kier alpha value is -2.44. The van der Waals surface area contributed by atoms with Crippen molar-refractivity contribution >= 4 is 29.5 Å². The van der Waals surface area contributed by atoms with Crippen molar-refractivity contribution in [1.82, 2.24) is 14.7 Å². The fourth-order valence-electron chi connectivity index (χ4n) is 4.42. The number of carbonyl (C=O) groups is 1. The Kier molecular flexibility index (Phi) is 8.68. The maximum atomic E-state index is 12.6. The van der Waals surface area contributed by atoms with E-state index >= 15 is 0 Å². The number of thioether (sulfide) groups is 1. The first kappa shape index (κ1) is 26.6. The van der Waals surface area contributed by atoms with Gasteiger partial charge >= 0.3 is 6.09 Å². The molecule has 1 aliphatic heterocycles. The molecule has 5 nitrogen and oxygen atoms in total. The zero-order valence-electron chi connectivity index (χ0n) is 21.7. The van der Waals surface area contributed by atoms with Gasteiger partial charge in [-0.1, -0.05) is 55.3 Å². The molecule has 7 heteroatoms. The molecule has 4 rings (SSSR count). The van der Waals surface area contributed by atoms with Crippen molar-refractivity contribution in [2.75, 3.05) is 13.1 Å². The van der Waals surface area contributed by atoms with E-state index in [0.29, 0.717) is 13.1 Å². The van der Waals surface area contributed by atoms with Gasteiger partial charge in [-0.15, -0.1) is 11.8 Å². The van der Waals surface area contributed by atoms with E-state index in [1.165, 1.54) is 22.3 Å². The summed E-state index contributed by atoms with van der Waals surface area (Å²) in [5.74, 6) is 0.835. The van der Waals surface area contributed by atoms with Gasteiger partial charge in [0.25, 0.3) is 0 Å². The molecule has 1 amide bonds. The molecule has 0 bridgehead atoms. The molecule has 1 aliphatic rings. The monoisotopic (exact) mass is 525 g/mol. The predicted octanol–water partition coefficient (Wildman–Crippen LogP) is 7.63. The van der Waals surface area contributed by atoms with Crippen LogP contribution in [0, 0.1) is 0 Å². The van der Waals surface area contributed by atoms with E-state index in [2.05, 4.69) is 53.1 Å². The Balaban J connectivity index is 1.44. The average Bonchev–Trinajstić information content (AvgIpc) is 3.19. The third-order valence-electron chi connectivity index (χ3n) is 6.32. The van der Waals surface area contributed by atoms with Crippen LogP contribution in [0.15, 0.2) is 53.6 Å². The summed E-state index contributed by atoms with van der Waals surface area (Å²) < 4.78 is 7.69. The second-order valence-electron chi connectivity index (χ2n) is 10.3. The van der Waals surface area contributed by atoms with Gasteiger partial charge < -0.3 is 9.64 Å². The van der Waals surface area contributed by atoms with Crippen LogP contribution in [0.4, 0.5) is 4.79 Å². The molecule has 0 aliphatic carbocycles. The highest BCUT2D eigenvalue weighted by molar-refractivity contribution is 7.98. The number of halogens is 1. The molecule has 0 fully saturated rings. The predicted molar refractivity (Wildman–Crippen MR) is 149 cm³/mol. The van der Waals surface area contributed by atoms with Crippen LogP contribution < -0.4 is 0 Å². The minimum atomic E-state index is -0.495. The summed E-state index contributed by atoms with van der Waals surface area (Å²) in [5, 5.41) is 5.26. The van der Waals surface area contributed by atoms with Crippen LogP contribution in [-0.2, 0) is 29.9 Å². The highest BCUT2D eigenvalue weighted by Crippen LogP contribution is 2.37. The topological polar surface area (TPSA) is 47.4 Å². The summed E-state index contributed by atoms with van der Waals surface area (Å²) in [6, 6.07) is 14.9. The fourth-order valence-corrected chi connectivity index (χ4v) is 5.88. The third kappa shape index (κ3) is 6.65. The van der Waals surface area contributed by atoms with Gasteiger partial charge in [-0.3, -0.25) is 4.68 Å². The number of rotatable bonds is 7. The van der Waals surface area contributed by atoms with E-state index < -0.39 is 5.60 Å². The lowest BCUT2D eigenvalue weighted by Gasteiger charge is -2.26. The number of aryl methyl sites for hydroxylation is 1. The largest absolute Gasteiger partial charge is 0.444 e. The third-order valence-corrected chi connectivity index (χ3v) is 7.98. The smallest absolute Gasteiger partial charge is 0.410 e. The number of fused-ring (bicyclic) bond motifs is 1. The van der Waals surface area contributed by atoms with Crippen LogP contribution in [0.1, 0.15) is 57.2 Å². The summed E-state index contributed by atoms with van der Waals surface area (Å²) >= 11 is 8.46. The van der Waals surface area contributed by atoms with Gasteiger partial charge in [0.05, 0.1) is 10.7 Å². The Bertz CT molecular complexity index is 1180. The number of amides is 1. The number of hydrogen-bond donors (Lipinski definition) is 0. The van der Waals surface area contributed by atoms with Gasteiger partial charge in [0.15, 0.2) is 0 Å². The number of carbonyl (C=O) groups excluding carboxylic acids is 1. The number of aromatic nitrogens is 2. The lowest BCUT2D eigenvalue weighted by molar-refractivity contribution is 0.0258. The maximum absolute atomic E-state index is 12.6. The molecule has 36 heavy (non-hydrogen) atoms.